The van der Waals surface area contributed by atoms with Crippen LogP contribution in [0.25, 0.3) is 0 Å². The van der Waals surface area contributed by atoms with Crippen molar-refractivity contribution in [2.24, 2.45) is 0 Å². The van der Waals surface area contributed by atoms with Gasteiger partial charge in [-0.05, 0) is 0 Å². The van der Waals surface area contributed by atoms with E-state index < -0.39 is 0 Å². The van der Waals surface area contributed by atoms with E-state index in [2.05, 4.69) is 0 Å². The number of rotatable bonds is 0. The summed E-state index contributed by atoms with van der Waals surface area (Å²) in [6.45, 7) is 0. The molecule has 0 unspecified atom stereocenters. The van der Waals surface area contributed by atoms with Gasteiger partial charge in [0.15, 0.2) is 0 Å². The molecule has 0 fully saturated rings. The third-order valence-electron chi connectivity index (χ3n) is 0. The molecule has 25 valence electrons. The third-order valence-corrected chi connectivity index (χ3v) is 0. The molecule has 0 nitrogen and oxygen atoms in total. The van der Waals surface area contributed by atoms with Gasteiger partial charge in [-0.3, -0.25) is 0 Å². The Labute approximate surface area is 70.0 Å². The molecule has 0 aliphatic carbocycles. The predicted octanol–water partition coefficient (Wildman–Crippen LogP) is -0.0100. The zero-order valence-electron chi connectivity index (χ0n) is 1.79. The maximum atomic E-state index is 0. The van der Waals surface area contributed by atoms with E-state index in [1.807, 2.05) is 0 Å². The van der Waals surface area contributed by atoms with Crippen LogP contribution in [0.15, 0.2) is 0 Å². The average molecular weight is 232 g/mol. The Morgan fingerprint density at radius 1 is 0.750 bits per heavy atom. The molecule has 0 N–H and O–H groups in total. The van der Waals surface area contributed by atoms with Crippen molar-refractivity contribution in [3.05, 3.63) is 0 Å². The molecule has 0 spiro atoms. The van der Waals surface area contributed by atoms with E-state index in [1.54, 1.807) is 0 Å². The third kappa shape index (κ3) is 8.89. The molecule has 0 saturated carbocycles. The Kier molecular flexibility index (Phi) is 166. The van der Waals surface area contributed by atoms with Gasteiger partial charge in [-0.25, -0.2) is 0 Å². The molecule has 4 heavy (non-hydrogen) atoms. The van der Waals surface area contributed by atoms with Crippen LogP contribution in [0.2, 0.25) is 0 Å². The van der Waals surface area contributed by atoms with Crippen LogP contribution in [-0.4, -0.2) is 0 Å². The average Bonchev–Trinajstić information content (AvgIpc) is 0. The van der Waals surface area contributed by atoms with Crippen molar-refractivity contribution in [1.82, 2.24) is 0 Å². The molecule has 0 heterocycles. The molecule has 1 radical (unpaired) electrons. The normalized spacial score (nSPS) is 0. The van der Waals surface area contributed by atoms with E-state index in [9.17, 15) is 0 Å². The fourth-order valence-corrected chi connectivity index (χ4v) is 0. The van der Waals surface area contributed by atoms with Crippen LogP contribution in [0, 0.1) is 0 Å². The fourth-order valence-electron chi connectivity index (χ4n) is 0. The molecule has 0 aliphatic rings. The zero-order valence-corrected chi connectivity index (χ0v) is 8.15. The number of hydrogen-bond acceptors (Lipinski definition) is 0. The Hall–Kier alpha value is 2.18. The molecule has 0 aromatic rings. The second-order valence-corrected chi connectivity index (χ2v) is 0. The van der Waals surface area contributed by atoms with Gasteiger partial charge in [0.1, 0.15) is 0 Å². The molecule has 0 aromatic carbocycles. The summed E-state index contributed by atoms with van der Waals surface area (Å²) in [6.07, 6.45) is 0. The standard InChI is InChI=1S/2Fe.Mn.Zn. The Bertz CT molecular complexity index is 6.00. The predicted molar refractivity (Wildman–Crippen MR) is 0 cm³/mol. The van der Waals surface area contributed by atoms with E-state index in [-0.39, 0.29) is 70.7 Å². The quantitative estimate of drug-likeness (QED) is 0.515. The van der Waals surface area contributed by atoms with E-state index in [0.29, 0.717) is 0 Å². The van der Waals surface area contributed by atoms with Gasteiger partial charge in [0, 0.05) is 70.7 Å². The van der Waals surface area contributed by atoms with E-state index >= 15 is 0 Å². The largest absolute Gasteiger partial charge is 0 e. The van der Waals surface area contributed by atoms with Crippen LogP contribution in [0.1, 0.15) is 0 Å². The van der Waals surface area contributed by atoms with Crippen molar-refractivity contribution in [2.75, 3.05) is 0 Å². The van der Waals surface area contributed by atoms with Crippen LogP contribution in [0.4, 0.5) is 0 Å². The van der Waals surface area contributed by atoms with Gasteiger partial charge in [0.25, 0.3) is 0 Å². The Balaban J connectivity index is 0. The van der Waals surface area contributed by atoms with E-state index in [1.165, 1.54) is 0 Å². The molecule has 0 aromatic heterocycles. The summed E-state index contributed by atoms with van der Waals surface area (Å²) in [7, 11) is 0. The summed E-state index contributed by atoms with van der Waals surface area (Å²) in [5.74, 6) is 0. The second-order valence-electron chi connectivity index (χ2n) is 0. The minimum absolute atomic E-state index is 0. The Morgan fingerprint density at radius 3 is 0.750 bits per heavy atom. The summed E-state index contributed by atoms with van der Waals surface area (Å²) < 4.78 is 0. The summed E-state index contributed by atoms with van der Waals surface area (Å²) in [5.41, 5.74) is 0. The van der Waals surface area contributed by atoms with Crippen LogP contribution in [0.3, 0.4) is 0 Å². The van der Waals surface area contributed by atoms with Gasteiger partial charge in [0.2, 0.25) is 0 Å². The molecule has 4 heteroatoms. The molecular formula is Fe2MnZn. The van der Waals surface area contributed by atoms with Gasteiger partial charge in [-0.1, -0.05) is 0 Å². The molecule has 0 amide bonds. The van der Waals surface area contributed by atoms with Crippen molar-refractivity contribution in [3.63, 3.8) is 0 Å². The minimum atomic E-state index is 0. The van der Waals surface area contributed by atoms with Gasteiger partial charge in [-0.15, -0.1) is 0 Å². The first-order valence-corrected chi connectivity index (χ1v) is 0. The first kappa shape index (κ1) is 34.9. The summed E-state index contributed by atoms with van der Waals surface area (Å²) >= 11 is 0. The fraction of sp³-hybridized carbons (Fsp3) is 0. The topological polar surface area (TPSA) is 0 Å². The van der Waals surface area contributed by atoms with Crippen LogP contribution in [0.5, 0.6) is 0 Å². The summed E-state index contributed by atoms with van der Waals surface area (Å²) in [6, 6.07) is 0. The first-order valence-electron chi connectivity index (χ1n) is 0. The van der Waals surface area contributed by atoms with Crippen molar-refractivity contribution in [2.45, 2.75) is 0 Å². The number of hydrogen-bond donors (Lipinski definition) is 0. The SMILES string of the molecule is [Fe].[Fe].[Mn].[Zn]. The molecular weight excluding hydrogens is 232 g/mol. The van der Waals surface area contributed by atoms with Crippen molar-refractivity contribution >= 4 is 0 Å². The van der Waals surface area contributed by atoms with E-state index in [0.717, 1.165) is 0 Å². The first-order chi connectivity index (χ1) is 0. The Morgan fingerprint density at radius 2 is 0.750 bits per heavy atom. The van der Waals surface area contributed by atoms with Crippen molar-refractivity contribution in [1.29, 1.82) is 0 Å². The van der Waals surface area contributed by atoms with E-state index in [4.69, 9.17) is 0 Å². The monoisotopic (exact) mass is 231 g/mol. The van der Waals surface area contributed by atoms with Gasteiger partial charge in [-0.2, -0.15) is 0 Å². The maximum Gasteiger partial charge on any atom is 0 e. The maximum absolute atomic E-state index is 0. The second kappa shape index (κ2) is 19.0. The minimum Gasteiger partial charge on any atom is 0 e. The molecule has 0 rings (SSSR count). The summed E-state index contributed by atoms with van der Waals surface area (Å²) in [5, 5.41) is 0. The zero-order chi connectivity index (χ0) is 0. The van der Waals surface area contributed by atoms with Gasteiger partial charge < -0.3 is 0 Å². The molecule has 0 bridgehead atoms. The van der Waals surface area contributed by atoms with Gasteiger partial charge in [0.05, 0.1) is 0 Å². The van der Waals surface area contributed by atoms with Crippen molar-refractivity contribution in [3.8, 4) is 0 Å². The molecule has 0 atom stereocenters. The smallest absolute Gasteiger partial charge is 0 e. The summed E-state index contributed by atoms with van der Waals surface area (Å²) in [4.78, 5) is 0. The molecule has 0 saturated heterocycles. The van der Waals surface area contributed by atoms with Gasteiger partial charge >= 0.3 is 0 Å². The van der Waals surface area contributed by atoms with Crippen molar-refractivity contribution < 1.29 is 70.7 Å². The van der Waals surface area contributed by atoms with Crippen LogP contribution >= 0.6 is 0 Å². The van der Waals surface area contributed by atoms with Crippen LogP contribution in [-0.2, 0) is 70.7 Å². The molecule has 0 aliphatic heterocycles. The van der Waals surface area contributed by atoms with Crippen LogP contribution < -0.4 is 0 Å².